The van der Waals surface area contributed by atoms with Gasteiger partial charge in [0.15, 0.2) is 0 Å². The number of hydrogen-bond donors (Lipinski definition) is 2. The van der Waals surface area contributed by atoms with Gasteiger partial charge in [-0.3, -0.25) is 9.80 Å². The van der Waals surface area contributed by atoms with Crippen molar-refractivity contribution in [2.75, 3.05) is 52.5 Å². The molecule has 1 fully saturated rings. The minimum absolute atomic E-state index is 0.293. The second kappa shape index (κ2) is 13.1. The first-order chi connectivity index (χ1) is 16.3. The lowest BCUT2D eigenvalue weighted by molar-refractivity contribution is 0.0240. The monoisotopic (exact) mass is 470 g/mol. The van der Waals surface area contributed by atoms with Crippen molar-refractivity contribution in [3.8, 4) is 11.5 Å². The number of ether oxygens (including phenoxy) is 2. The first-order valence-corrected chi connectivity index (χ1v) is 12.6. The van der Waals surface area contributed by atoms with Crippen molar-refractivity contribution in [3.63, 3.8) is 0 Å². The van der Waals surface area contributed by atoms with Crippen LogP contribution in [0.25, 0.3) is 0 Å². The van der Waals surface area contributed by atoms with Crippen molar-refractivity contribution >= 4 is 0 Å². The summed E-state index contributed by atoms with van der Waals surface area (Å²) < 4.78 is 11.7. The summed E-state index contributed by atoms with van der Waals surface area (Å²) in [7, 11) is 0. The van der Waals surface area contributed by atoms with Gasteiger partial charge < -0.3 is 19.7 Å². The van der Waals surface area contributed by atoms with Gasteiger partial charge in [0.05, 0.1) is 0 Å². The van der Waals surface area contributed by atoms with Crippen LogP contribution in [0.5, 0.6) is 11.5 Å². The quantitative estimate of drug-likeness (QED) is 0.497. The Kier molecular flexibility index (Phi) is 10.2. The fourth-order valence-electron chi connectivity index (χ4n) is 4.46. The standard InChI is InChI=1S/C28H42N2O4/c1-5-23-11-21(3)13-27(15-23)33-19-25(31)17-29-7-9-30(10-8-29)18-26(32)20-34-28-14-22(4)12-24(6-2)16-28/h11-16,25-26,31-32H,5-10,17-20H2,1-4H3/t25-,26+. The molecule has 0 amide bonds. The van der Waals surface area contributed by atoms with Crippen LogP contribution < -0.4 is 9.47 Å². The average Bonchev–Trinajstić information content (AvgIpc) is 2.82. The Hall–Kier alpha value is -2.12. The number of aliphatic hydroxyl groups is 2. The minimum Gasteiger partial charge on any atom is -0.491 e. The molecular weight excluding hydrogens is 428 g/mol. The van der Waals surface area contributed by atoms with Crippen LogP contribution in [0.2, 0.25) is 0 Å². The van der Waals surface area contributed by atoms with Crippen LogP contribution in [0.15, 0.2) is 36.4 Å². The van der Waals surface area contributed by atoms with Crippen molar-refractivity contribution in [2.45, 2.75) is 52.7 Å². The summed E-state index contributed by atoms with van der Waals surface area (Å²) in [5.74, 6) is 1.65. The van der Waals surface area contributed by atoms with Crippen molar-refractivity contribution in [1.82, 2.24) is 9.80 Å². The summed E-state index contributed by atoms with van der Waals surface area (Å²) in [6.45, 7) is 13.6. The topological polar surface area (TPSA) is 65.4 Å². The van der Waals surface area contributed by atoms with E-state index >= 15 is 0 Å². The number of aryl methyl sites for hydroxylation is 4. The fourth-order valence-corrected chi connectivity index (χ4v) is 4.46. The lowest BCUT2D eigenvalue weighted by Gasteiger charge is -2.36. The SMILES string of the molecule is CCc1cc(C)cc(OC[C@@H](O)CN2CCN(C[C@@H](O)COc3cc(C)cc(CC)c3)CC2)c1. The van der Waals surface area contributed by atoms with Gasteiger partial charge in [0.1, 0.15) is 36.9 Å². The Morgan fingerprint density at radius 3 is 1.41 bits per heavy atom. The average molecular weight is 471 g/mol. The summed E-state index contributed by atoms with van der Waals surface area (Å²) in [6.07, 6.45) is 0.881. The zero-order valence-corrected chi connectivity index (χ0v) is 21.3. The number of hydrogen-bond acceptors (Lipinski definition) is 6. The summed E-state index contributed by atoms with van der Waals surface area (Å²) in [5, 5.41) is 20.9. The Balaban J connectivity index is 1.34. The van der Waals surface area contributed by atoms with Gasteiger partial charge in [-0.15, -0.1) is 0 Å². The van der Waals surface area contributed by atoms with E-state index in [1.165, 1.54) is 22.3 Å². The Labute approximate surface area is 205 Å². The Morgan fingerprint density at radius 2 is 1.06 bits per heavy atom. The number of rotatable bonds is 12. The van der Waals surface area contributed by atoms with Crippen molar-refractivity contribution in [3.05, 3.63) is 58.7 Å². The first-order valence-electron chi connectivity index (χ1n) is 12.6. The molecule has 1 aliphatic heterocycles. The Bertz CT molecular complexity index is 822. The van der Waals surface area contributed by atoms with E-state index in [1.54, 1.807) is 0 Å². The van der Waals surface area contributed by atoms with Crippen LogP contribution in [-0.2, 0) is 12.8 Å². The molecule has 1 aliphatic rings. The van der Waals surface area contributed by atoms with Crippen LogP contribution in [0.1, 0.15) is 36.1 Å². The lowest BCUT2D eigenvalue weighted by atomic mass is 10.1. The molecule has 0 saturated carbocycles. The van der Waals surface area contributed by atoms with E-state index in [0.717, 1.165) is 50.5 Å². The lowest BCUT2D eigenvalue weighted by Crippen LogP contribution is -2.51. The summed E-state index contributed by atoms with van der Waals surface area (Å²) in [5.41, 5.74) is 4.85. The van der Waals surface area contributed by atoms with E-state index in [0.29, 0.717) is 26.3 Å². The maximum Gasteiger partial charge on any atom is 0.119 e. The van der Waals surface area contributed by atoms with Crippen molar-refractivity contribution in [2.24, 2.45) is 0 Å². The Morgan fingerprint density at radius 1 is 0.676 bits per heavy atom. The van der Waals surface area contributed by atoms with E-state index in [9.17, 15) is 10.2 Å². The minimum atomic E-state index is -0.529. The smallest absolute Gasteiger partial charge is 0.119 e. The molecule has 0 aromatic heterocycles. The fraction of sp³-hybridized carbons (Fsp3) is 0.571. The second-order valence-corrected chi connectivity index (χ2v) is 9.55. The maximum atomic E-state index is 10.5. The first kappa shape index (κ1) is 26.5. The molecule has 3 rings (SSSR count). The predicted molar refractivity (Wildman–Crippen MR) is 137 cm³/mol. The second-order valence-electron chi connectivity index (χ2n) is 9.55. The van der Waals surface area contributed by atoms with Gasteiger partial charge in [-0.05, 0) is 73.2 Å². The van der Waals surface area contributed by atoms with Crippen LogP contribution in [0.4, 0.5) is 0 Å². The van der Waals surface area contributed by atoms with Gasteiger partial charge in [-0.25, -0.2) is 0 Å². The molecule has 0 spiro atoms. The van der Waals surface area contributed by atoms with Gasteiger partial charge >= 0.3 is 0 Å². The van der Waals surface area contributed by atoms with Gasteiger partial charge in [0, 0.05) is 39.3 Å². The van der Waals surface area contributed by atoms with Gasteiger partial charge in [-0.1, -0.05) is 26.0 Å². The van der Waals surface area contributed by atoms with E-state index in [4.69, 9.17) is 9.47 Å². The highest BCUT2D eigenvalue weighted by molar-refractivity contribution is 5.34. The molecule has 188 valence electrons. The number of benzene rings is 2. The number of piperazine rings is 1. The molecule has 1 saturated heterocycles. The van der Waals surface area contributed by atoms with Crippen LogP contribution in [0, 0.1) is 13.8 Å². The molecule has 6 nitrogen and oxygen atoms in total. The predicted octanol–water partition coefficient (Wildman–Crippen LogP) is 3.23. The van der Waals surface area contributed by atoms with Crippen LogP contribution in [-0.4, -0.2) is 84.7 Å². The van der Waals surface area contributed by atoms with E-state index in [-0.39, 0.29) is 0 Å². The number of nitrogens with zero attached hydrogens (tertiary/aromatic N) is 2. The zero-order valence-electron chi connectivity index (χ0n) is 21.3. The van der Waals surface area contributed by atoms with Gasteiger partial charge in [-0.2, -0.15) is 0 Å². The molecular formula is C28H42N2O4. The highest BCUT2D eigenvalue weighted by Gasteiger charge is 2.21. The largest absolute Gasteiger partial charge is 0.491 e. The molecule has 2 N–H and O–H groups in total. The van der Waals surface area contributed by atoms with Gasteiger partial charge in [0.2, 0.25) is 0 Å². The third-order valence-electron chi connectivity index (χ3n) is 6.33. The van der Waals surface area contributed by atoms with Crippen molar-refractivity contribution in [1.29, 1.82) is 0 Å². The molecule has 0 radical (unpaired) electrons. The maximum absolute atomic E-state index is 10.5. The summed E-state index contributed by atoms with van der Waals surface area (Å²) in [6, 6.07) is 12.5. The summed E-state index contributed by atoms with van der Waals surface area (Å²) in [4.78, 5) is 4.53. The number of aliphatic hydroxyl groups excluding tert-OH is 2. The molecule has 2 aromatic rings. The molecule has 34 heavy (non-hydrogen) atoms. The molecule has 0 aliphatic carbocycles. The zero-order chi connectivity index (χ0) is 24.5. The highest BCUT2D eigenvalue weighted by Crippen LogP contribution is 2.19. The molecule has 2 atom stereocenters. The normalized spacial score (nSPS) is 16.9. The van der Waals surface area contributed by atoms with Crippen LogP contribution in [0.3, 0.4) is 0 Å². The third kappa shape index (κ3) is 8.58. The van der Waals surface area contributed by atoms with Crippen LogP contribution >= 0.6 is 0 Å². The van der Waals surface area contributed by atoms with Gasteiger partial charge in [0.25, 0.3) is 0 Å². The van der Waals surface area contributed by atoms with E-state index in [2.05, 4.69) is 61.8 Å². The molecule has 0 bridgehead atoms. The van der Waals surface area contributed by atoms with E-state index in [1.807, 2.05) is 12.1 Å². The molecule has 0 unspecified atom stereocenters. The van der Waals surface area contributed by atoms with E-state index < -0.39 is 12.2 Å². The molecule has 6 heteroatoms. The molecule has 2 aromatic carbocycles. The molecule has 1 heterocycles. The third-order valence-corrected chi connectivity index (χ3v) is 6.33. The highest BCUT2D eigenvalue weighted by atomic mass is 16.5. The number of β-amino-alcohol motifs (C(OH)–C–C–N with tert-alkyl or cyclic N) is 2. The summed E-state index contributed by atoms with van der Waals surface area (Å²) >= 11 is 0. The van der Waals surface area contributed by atoms with Crippen molar-refractivity contribution < 1.29 is 19.7 Å².